The number of nitrogens with one attached hydrogen (secondary N) is 1. The fourth-order valence-corrected chi connectivity index (χ4v) is 4.40. The normalized spacial score (nSPS) is 16.5. The first-order valence-electron chi connectivity index (χ1n) is 7.27. The standard InChI is InChI=1S/C17H16BrN3O2S/c1-7-11(8(2)22)12(9-3-5-10(18)6-4-9)13-14(19)15(16(20)23)24-17(13)21-7/h3-6,12,21H,19H2,1-2H3,(H2,20,23)/t12-/m1/s1. The molecule has 1 aromatic heterocycles. The van der Waals surface area contributed by atoms with E-state index in [2.05, 4.69) is 21.2 Å². The lowest BCUT2D eigenvalue weighted by Crippen LogP contribution is -2.21. The summed E-state index contributed by atoms with van der Waals surface area (Å²) in [4.78, 5) is 24.3. The molecule has 1 aliphatic rings. The number of benzene rings is 1. The molecule has 5 N–H and O–H groups in total. The van der Waals surface area contributed by atoms with Gasteiger partial charge in [-0.1, -0.05) is 28.1 Å². The number of carbonyl (C=O) groups excluding carboxylic acids is 2. The summed E-state index contributed by atoms with van der Waals surface area (Å²) in [5, 5.41) is 3.96. The third-order valence-corrected chi connectivity index (χ3v) is 5.75. The van der Waals surface area contributed by atoms with E-state index in [9.17, 15) is 9.59 Å². The van der Waals surface area contributed by atoms with Gasteiger partial charge in [-0.05, 0) is 31.5 Å². The molecular weight excluding hydrogens is 390 g/mol. The minimum atomic E-state index is -0.565. The van der Waals surface area contributed by atoms with E-state index in [0.29, 0.717) is 16.1 Å². The van der Waals surface area contributed by atoms with E-state index in [1.807, 2.05) is 31.2 Å². The summed E-state index contributed by atoms with van der Waals surface area (Å²) in [5.74, 6) is -0.925. The number of anilines is 2. The molecule has 7 heteroatoms. The second kappa shape index (κ2) is 6.07. The first kappa shape index (κ1) is 16.7. The number of allylic oxidation sites excluding steroid dienone is 2. The molecule has 3 rings (SSSR count). The van der Waals surface area contributed by atoms with E-state index in [1.165, 1.54) is 18.3 Å². The molecule has 0 spiro atoms. The summed E-state index contributed by atoms with van der Waals surface area (Å²) in [7, 11) is 0. The Hall–Kier alpha value is -2.12. The van der Waals surface area contributed by atoms with Gasteiger partial charge in [0.2, 0.25) is 0 Å². The molecule has 24 heavy (non-hydrogen) atoms. The summed E-state index contributed by atoms with van der Waals surface area (Å²) in [5.41, 5.74) is 15.1. The van der Waals surface area contributed by atoms with E-state index in [-0.39, 0.29) is 11.7 Å². The van der Waals surface area contributed by atoms with Crippen molar-refractivity contribution < 1.29 is 9.59 Å². The molecule has 0 aliphatic carbocycles. The Balaban J connectivity index is 2.28. The molecule has 0 saturated heterocycles. The summed E-state index contributed by atoms with van der Waals surface area (Å²) in [6.45, 7) is 3.39. The predicted octanol–water partition coefficient (Wildman–Crippen LogP) is 3.61. The van der Waals surface area contributed by atoms with Crippen molar-refractivity contribution in [2.45, 2.75) is 19.8 Å². The Morgan fingerprint density at radius 2 is 1.88 bits per heavy atom. The number of hydrogen-bond acceptors (Lipinski definition) is 5. The summed E-state index contributed by atoms with van der Waals surface area (Å²) in [6.07, 6.45) is 0. The molecule has 5 nitrogen and oxygen atoms in total. The molecule has 0 fully saturated rings. The zero-order chi connectivity index (χ0) is 17.6. The van der Waals surface area contributed by atoms with Gasteiger partial charge in [0, 0.05) is 27.2 Å². The second-order valence-corrected chi connectivity index (χ2v) is 7.59. The lowest BCUT2D eigenvalue weighted by Gasteiger charge is -2.28. The molecule has 0 unspecified atom stereocenters. The van der Waals surface area contributed by atoms with Gasteiger partial charge in [-0.25, -0.2) is 0 Å². The quantitative estimate of drug-likeness (QED) is 0.725. The van der Waals surface area contributed by atoms with Crippen LogP contribution in [-0.4, -0.2) is 11.7 Å². The monoisotopic (exact) mass is 405 g/mol. The van der Waals surface area contributed by atoms with Crippen LogP contribution in [-0.2, 0) is 4.79 Å². The number of halogens is 1. The van der Waals surface area contributed by atoms with Crippen LogP contribution >= 0.6 is 27.3 Å². The van der Waals surface area contributed by atoms with Crippen LogP contribution in [0.15, 0.2) is 40.0 Å². The SMILES string of the molecule is CC(=O)C1=C(C)Nc2sc(C(N)=O)c(N)c2[C@@H]1c1ccc(Br)cc1. The van der Waals surface area contributed by atoms with Crippen LogP contribution in [0.4, 0.5) is 10.7 Å². The maximum atomic E-state index is 12.3. The third kappa shape index (κ3) is 2.63. The van der Waals surface area contributed by atoms with Crippen LogP contribution in [0.25, 0.3) is 0 Å². The minimum Gasteiger partial charge on any atom is -0.397 e. The van der Waals surface area contributed by atoms with E-state index in [1.54, 1.807) is 0 Å². The molecule has 1 atom stereocenters. The zero-order valence-electron chi connectivity index (χ0n) is 13.1. The lowest BCUT2D eigenvalue weighted by molar-refractivity contribution is -0.113. The van der Waals surface area contributed by atoms with Gasteiger partial charge in [0.1, 0.15) is 4.88 Å². The second-order valence-electron chi connectivity index (χ2n) is 5.66. The van der Waals surface area contributed by atoms with E-state index in [4.69, 9.17) is 11.5 Å². The van der Waals surface area contributed by atoms with Crippen LogP contribution in [0.2, 0.25) is 0 Å². The Kier molecular flexibility index (Phi) is 4.23. The topological polar surface area (TPSA) is 98.2 Å². The van der Waals surface area contributed by atoms with Gasteiger partial charge in [-0.3, -0.25) is 9.59 Å². The summed E-state index contributed by atoms with van der Waals surface area (Å²) in [6, 6.07) is 7.73. The smallest absolute Gasteiger partial charge is 0.260 e. The minimum absolute atomic E-state index is 0.0372. The maximum Gasteiger partial charge on any atom is 0.260 e. The lowest BCUT2D eigenvalue weighted by atomic mass is 9.80. The number of nitrogen functional groups attached to an aromatic ring is 1. The van der Waals surface area contributed by atoms with Gasteiger partial charge in [-0.15, -0.1) is 11.3 Å². The van der Waals surface area contributed by atoms with Crippen molar-refractivity contribution in [1.82, 2.24) is 0 Å². The number of carbonyl (C=O) groups is 2. The number of primary amides is 1. The van der Waals surface area contributed by atoms with Crippen LogP contribution in [0.5, 0.6) is 0 Å². The van der Waals surface area contributed by atoms with Gasteiger partial charge in [0.05, 0.1) is 10.7 Å². The van der Waals surface area contributed by atoms with Gasteiger partial charge in [0.15, 0.2) is 5.78 Å². The molecule has 1 aliphatic heterocycles. The summed E-state index contributed by atoms with van der Waals surface area (Å²) < 4.78 is 0.946. The molecule has 0 bridgehead atoms. The van der Waals surface area contributed by atoms with Crippen molar-refractivity contribution in [3.05, 3.63) is 56.0 Å². The van der Waals surface area contributed by atoms with Crippen molar-refractivity contribution >= 4 is 49.6 Å². The highest BCUT2D eigenvalue weighted by Crippen LogP contribution is 2.49. The molecule has 0 radical (unpaired) electrons. The average molecular weight is 406 g/mol. The Bertz CT molecular complexity index is 884. The van der Waals surface area contributed by atoms with Crippen LogP contribution < -0.4 is 16.8 Å². The molecule has 2 aromatic rings. The summed E-state index contributed by atoms with van der Waals surface area (Å²) >= 11 is 4.64. The number of ketones is 1. The molecular formula is C17H16BrN3O2S. The van der Waals surface area contributed by atoms with Crippen molar-refractivity contribution in [2.24, 2.45) is 5.73 Å². The highest BCUT2D eigenvalue weighted by atomic mass is 79.9. The highest BCUT2D eigenvalue weighted by molar-refractivity contribution is 9.10. The first-order chi connectivity index (χ1) is 11.3. The van der Waals surface area contributed by atoms with E-state index >= 15 is 0 Å². The molecule has 1 aromatic carbocycles. The highest BCUT2D eigenvalue weighted by Gasteiger charge is 2.35. The zero-order valence-corrected chi connectivity index (χ0v) is 15.5. The van der Waals surface area contributed by atoms with Crippen molar-refractivity contribution in [1.29, 1.82) is 0 Å². The van der Waals surface area contributed by atoms with Crippen molar-refractivity contribution in [3.8, 4) is 0 Å². The number of Topliss-reactive ketones (excluding diaryl/α,β-unsaturated/α-hetero) is 1. The maximum absolute atomic E-state index is 12.3. The Morgan fingerprint density at radius 3 is 2.42 bits per heavy atom. The number of thiophene rings is 1. The molecule has 0 saturated carbocycles. The molecule has 124 valence electrons. The number of rotatable bonds is 3. The molecule has 1 amide bonds. The average Bonchev–Trinajstić information content (AvgIpc) is 2.83. The van der Waals surface area contributed by atoms with Gasteiger partial charge in [0.25, 0.3) is 5.91 Å². The van der Waals surface area contributed by atoms with Gasteiger partial charge < -0.3 is 16.8 Å². The van der Waals surface area contributed by atoms with E-state index in [0.717, 1.165) is 26.3 Å². The van der Waals surface area contributed by atoms with E-state index < -0.39 is 5.91 Å². The van der Waals surface area contributed by atoms with Crippen molar-refractivity contribution in [3.63, 3.8) is 0 Å². The number of amides is 1. The Morgan fingerprint density at radius 1 is 1.25 bits per heavy atom. The molecule has 2 heterocycles. The van der Waals surface area contributed by atoms with Gasteiger partial charge in [-0.2, -0.15) is 0 Å². The largest absolute Gasteiger partial charge is 0.397 e. The van der Waals surface area contributed by atoms with Crippen LogP contribution in [0, 0.1) is 0 Å². The number of nitrogens with two attached hydrogens (primary N) is 2. The van der Waals surface area contributed by atoms with Crippen LogP contribution in [0.3, 0.4) is 0 Å². The fourth-order valence-electron chi connectivity index (χ4n) is 3.07. The van der Waals surface area contributed by atoms with Crippen molar-refractivity contribution in [2.75, 3.05) is 11.1 Å². The predicted molar refractivity (Wildman–Crippen MR) is 100 cm³/mol. The Labute approximate surface area is 151 Å². The third-order valence-electron chi connectivity index (χ3n) is 4.07. The van der Waals surface area contributed by atoms with Gasteiger partial charge >= 0.3 is 0 Å². The van der Waals surface area contributed by atoms with Crippen LogP contribution in [0.1, 0.15) is 40.6 Å². The fraction of sp³-hybridized carbons (Fsp3) is 0.176. The first-order valence-corrected chi connectivity index (χ1v) is 8.88. The number of fused-ring (bicyclic) bond motifs is 1. The number of hydrogen-bond donors (Lipinski definition) is 3.